The van der Waals surface area contributed by atoms with E-state index < -0.39 is 5.97 Å². The Balaban J connectivity index is 1.83. The lowest BCUT2D eigenvalue weighted by atomic mass is 9.70. The third-order valence-electron chi connectivity index (χ3n) is 6.91. The van der Waals surface area contributed by atoms with E-state index in [0.717, 1.165) is 41.1 Å². The monoisotopic (exact) mass is 433 g/mol. The number of aryl methyl sites for hydroxylation is 1. The number of hydrogen-bond acceptors (Lipinski definition) is 3. The highest BCUT2D eigenvalue weighted by Crippen LogP contribution is 2.46. The molecule has 2 N–H and O–H groups in total. The van der Waals surface area contributed by atoms with Crippen molar-refractivity contribution in [1.29, 1.82) is 0 Å². The minimum absolute atomic E-state index is 0.255. The van der Waals surface area contributed by atoms with Crippen LogP contribution in [-0.4, -0.2) is 20.6 Å². The van der Waals surface area contributed by atoms with Crippen molar-refractivity contribution in [1.82, 2.24) is 9.55 Å². The largest absolute Gasteiger partial charge is 0.478 e. The molecule has 32 heavy (non-hydrogen) atoms. The third kappa shape index (κ3) is 4.25. The quantitative estimate of drug-likeness (QED) is 0.443. The van der Waals surface area contributed by atoms with Crippen LogP contribution in [0.4, 0.5) is 11.6 Å². The molecule has 0 amide bonds. The van der Waals surface area contributed by atoms with Crippen LogP contribution in [0.1, 0.15) is 87.3 Å². The van der Waals surface area contributed by atoms with Crippen LogP contribution in [0.3, 0.4) is 0 Å². The molecule has 3 aromatic rings. The Morgan fingerprint density at radius 3 is 2.44 bits per heavy atom. The number of aromatic carboxylic acids is 1. The molecule has 0 saturated heterocycles. The summed E-state index contributed by atoms with van der Waals surface area (Å²) >= 11 is 0. The van der Waals surface area contributed by atoms with Crippen LogP contribution < -0.4 is 5.32 Å². The number of carboxylic acids is 1. The molecular formula is C27H35N3O2. The summed E-state index contributed by atoms with van der Waals surface area (Å²) in [6.45, 7) is 13.3. The van der Waals surface area contributed by atoms with Gasteiger partial charge in [0.2, 0.25) is 5.95 Å². The van der Waals surface area contributed by atoms with Gasteiger partial charge in [0.05, 0.1) is 16.6 Å². The molecular weight excluding hydrogens is 398 g/mol. The summed E-state index contributed by atoms with van der Waals surface area (Å²) in [5.41, 5.74) is 5.35. The molecule has 5 nitrogen and oxygen atoms in total. The summed E-state index contributed by atoms with van der Waals surface area (Å²) in [7, 11) is 0. The average molecular weight is 434 g/mol. The number of carbonyl (C=O) groups is 1. The first-order valence-corrected chi connectivity index (χ1v) is 11.7. The van der Waals surface area contributed by atoms with Crippen LogP contribution in [0.25, 0.3) is 11.0 Å². The van der Waals surface area contributed by atoms with E-state index in [9.17, 15) is 9.90 Å². The highest BCUT2D eigenvalue weighted by Gasteiger charge is 2.35. The normalized spacial score (nSPS) is 20.6. The molecule has 1 unspecified atom stereocenters. The van der Waals surface area contributed by atoms with Crippen molar-refractivity contribution in [2.24, 2.45) is 11.3 Å². The van der Waals surface area contributed by atoms with E-state index >= 15 is 0 Å². The first kappa shape index (κ1) is 22.4. The van der Waals surface area contributed by atoms with Gasteiger partial charge in [-0.3, -0.25) is 0 Å². The highest BCUT2D eigenvalue weighted by molar-refractivity contribution is 5.96. The Morgan fingerprint density at radius 2 is 1.84 bits per heavy atom. The Labute approximate surface area is 190 Å². The molecule has 4 rings (SSSR count). The van der Waals surface area contributed by atoms with Gasteiger partial charge in [0.15, 0.2) is 0 Å². The lowest BCUT2D eigenvalue weighted by molar-refractivity contribution is 0.0696. The number of fused-ring (bicyclic) bond motifs is 1. The Bertz CT molecular complexity index is 1140. The number of rotatable bonds is 5. The van der Waals surface area contributed by atoms with E-state index in [1.807, 2.05) is 13.0 Å². The lowest BCUT2D eigenvalue weighted by Gasteiger charge is -2.40. The van der Waals surface area contributed by atoms with Gasteiger partial charge in [-0.15, -0.1) is 0 Å². The van der Waals surface area contributed by atoms with Gasteiger partial charge in [-0.25, -0.2) is 9.78 Å². The van der Waals surface area contributed by atoms with Crippen LogP contribution in [0.2, 0.25) is 0 Å². The van der Waals surface area contributed by atoms with E-state index in [0.29, 0.717) is 23.4 Å². The second-order valence-corrected chi connectivity index (χ2v) is 10.7. The molecule has 170 valence electrons. The van der Waals surface area contributed by atoms with Crippen LogP contribution in [0.15, 0.2) is 36.4 Å². The predicted molar refractivity (Wildman–Crippen MR) is 131 cm³/mol. The standard InChI is InChI=1S/C27H35N3O2/c1-16(2)19-7-9-20(10-8-19)28-26-29-24-18(4)22(25(31)32)11-12-23(24)30(26)21-13-17(3)14-27(5,6)15-21/h7-12,16-17,21H,13-15H2,1-6H3,(H,28,29)(H,31,32)/t17-,21?/m0/s1. The molecule has 2 aromatic carbocycles. The van der Waals surface area contributed by atoms with E-state index in [1.54, 1.807) is 6.07 Å². The van der Waals surface area contributed by atoms with Crippen molar-refractivity contribution in [2.45, 2.75) is 72.8 Å². The minimum Gasteiger partial charge on any atom is -0.478 e. The van der Waals surface area contributed by atoms with Crippen molar-refractivity contribution in [3.05, 3.63) is 53.1 Å². The number of nitrogens with one attached hydrogen (secondary N) is 1. The SMILES string of the molecule is Cc1c(C(=O)O)ccc2c1nc(Nc1ccc(C(C)C)cc1)n2C1C[C@H](C)CC(C)(C)C1. The van der Waals surface area contributed by atoms with Gasteiger partial charge in [-0.2, -0.15) is 0 Å². The zero-order valence-electron chi connectivity index (χ0n) is 20.1. The number of hydrogen-bond donors (Lipinski definition) is 2. The zero-order valence-corrected chi connectivity index (χ0v) is 20.1. The molecule has 0 bridgehead atoms. The molecule has 1 aliphatic rings. The Kier molecular flexibility index (Phi) is 5.78. The number of benzene rings is 2. The second kappa shape index (κ2) is 8.27. The fraction of sp³-hybridized carbons (Fsp3) is 0.481. The van der Waals surface area contributed by atoms with Crippen molar-refractivity contribution >= 4 is 28.6 Å². The number of imidazole rings is 1. The first-order valence-electron chi connectivity index (χ1n) is 11.7. The van der Waals surface area contributed by atoms with Gasteiger partial charge in [0, 0.05) is 11.7 Å². The Hall–Kier alpha value is -2.82. The van der Waals surface area contributed by atoms with Crippen molar-refractivity contribution in [3.63, 3.8) is 0 Å². The van der Waals surface area contributed by atoms with E-state index in [1.165, 1.54) is 12.0 Å². The molecule has 1 aliphatic carbocycles. The topological polar surface area (TPSA) is 67.2 Å². The molecule has 1 saturated carbocycles. The van der Waals surface area contributed by atoms with E-state index in [-0.39, 0.29) is 5.41 Å². The third-order valence-corrected chi connectivity index (χ3v) is 6.91. The summed E-state index contributed by atoms with van der Waals surface area (Å²) in [5.74, 6) is 0.985. The van der Waals surface area contributed by atoms with Gasteiger partial charge in [-0.1, -0.05) is 46.8 Å². The molecule has 2 atom stereocenters. The average Bonchev–Trinajstić information content (AvgIpc) is 3.05. The van der Waals surface area contributed by atoms with Gasteiger partial charge < -0.3 is 15.0 Å². The van der Waals surface area contributed by atoms with Gasteiger partial charge in [-0.05, 0) is 78.8 Å². The van der Waals surface area contributed by atoms with Crippen molar-refractivity contribution in [2.75, 3.05) is 5.32 Å². The summed E-state index contributed by atoms with van der Waals surface area (Å²) in [6.07, 6.45) is 3.39. The van der Waals surface area contributed by atoms with Crippen LogP contribution in [0, 0.1) is 18.3 Å². The van der Waals surface area contributed by atoms with Gasteiger partial charge >= 0.3 is 5.97 Å². The number of nitrogens with zero attached hydrogens (tertiary/aromatic N) is 2. The minimum atomic E-state index is -0.912. The number of anilines is 2. The van der Waals surface area contributed by atoms with Gasteiger partial charge in [0.1, 0.15) is 0 Å². The Morgan fingerprint density at radius 1 is 1.16 bits per heavy atom. The second-order valence-electron chi connectivity index (χ2n) is 10.7. The maximum absolute atomic E-state index is 11.7. The smallest absolute Gasteiger partial charge is 0.336 e. The number of aromatic nitrogens is 2. The van der Waals surface area contributed by atoms with Gasteiger partial charge in [0.25, 0.3) is 0 Å². The highest BCUT2D eigenvalue weighted by atomic mass is 16.4. The molecule has 5 heteroatoms. The van der Waals surface area contributed by atoms with E-state index in [2.05, 4.69) is 68.8 Å². The van der Waals surface area contributed by atoms with Crippen LogP contribution in [-0.2, 0) is 0 Å². The molecule has 1 heterocycles. The van der Waals surface area contributed by atoms with Crippen LogP contribution >= 0.6 is 0 Å². The summed E-state index contributed by atoms with van der Waals surface area (Å²) in [6, 6.07) is 12.5. The molecule has 1 aromatic heterocycles. The van der Waals surface area contributed by atoms with E-state index in [4.69, 9.17) is 4.98 Å². The zero-order chi connectivity index (χ0) is 23.2. The van der Waals surface area contributed by atoms with Crippen LogP contribution in [0.5, 0.6) is 0 Å². The summed E-state index contributed by atoms with van der Waals surface area (Å²) < 4.78 is 2.32. The predicted octanol–water partition coefficient (Wildman–Crippen LogP) is 7.30. The maximum atomic E-state index is 11.7. The lowest BCUT2D eigenvalue weighted by Crippen LogP contribution is -2.29. The molecule has 0 spiro atoms. The summed E-state index contributed by atoms with van der Waals surface area (Å²) in [4.78, 5) is 16.7. The molecule has 0 aliphatic heterocycles. The molecule has 1 fully saturated rings. The maximum Gasteiger partial charge on any atom is 0.336 e. The first-order chi connectivity index (χ1) is 15.1. The fourth-order valence-corrected chi connectivity index (χ4v) is 5.56. The van der Waals surface area contributed by atoms with Crippen molar-refractivity contribution in [3.8, 4) is 0 Å². The number of carboxylic acid groups (broad SMARTS) is 1. The fourth-order valence-electron chi connectivity index (χ4n) is 5.56. The molecule has 0 radical (unpaired) electrons. The van der Waals surface area contributed by atoms with Crippen molar-refractivity contribution < 1.29 is 9.90 Å². The summed E-state index contributed by atoms with van der Waals surface area (Å²) in [5, 5.41) is 13.2.